The Bertz CT molecular complexity index is 421. The van der Waals surface area contributed by atoms with Gasteiger partial charge in [-0.1, -0.05) is 17.3 Å². The lowest BCUT2D eigenvalue weighted by molar-refractivity contribution is 0.153. The van der Waals surface area contributed by atoms with Crippen molar-refractivity contribution in [3.05, 3.63) is 35.1 Å². The molecule has 5 nitrogen and oxygen atoms in total. The predicted octanol–water partition coefficient (Wildman–Crippen LogP) is 1.74. The number of carboxylic acid groups (broad SMARTS) is 1. The molecule has 1 aromatic carbocycles. The zero-order chi connectivity index (χ0) is 12.1. The molecule has 1 amide bonds. The number of halogens is 1. The van der Waals surface area contributed by atoms with Crippen molar-refractivity contribution in [3.8, 4) is 0 Å². The highest BCUT2D eigenvalue weighted by Gasteiger charge is 2.08. The summed E-state index contributed by atoms with van der Waals surface area (Å²) in [5.74, 6) is -0.561. The lowest BCUT2D eigenvalue weighted by Gasteiger charge is -2.12. The van der Waals surface area contributed by atoms with Crippen molar-refractivity contribution < 1.29 is 19.5 Å². The van der Waals surface area contributed by atoms with Gasteiger partial charge in [-0.05, 0) is 11.6 Å². The van der Waals surface area contributed by atoms with Crippen LogP contribution in [0.1, 0.15) is 11.1 Å². The molecule has 0 atom stereocenters. The second kappa shape index (κ2) is 5.11. The van der Waals surface area contributed by atoms with E-state index in [1.165, 1.54) is 19.2 Å². The summed E-state index contributed by atoms with van der Waals surface area (Å²) in [5, 5.41) is 19.6. The molecule has 2 N–H and O–H groups in total. The number of benzene rings is 1. The molecule has 1 aromatic rings. The second-order valence-corrected chi connectivity index (χ2v) is 3.24. The third-order valence-electron chi connectivity index (χ3n) is 2.01. The highest BCUT2D eigenvalue weighted by molar-refractivity contribution is 5.79. The Morgan fingerprint density at radius 1 is 1.62 bits per heavy atom. The predicted molar refractivity (Wildman–Crippen MR) is 55.3 cm³/mol. The molecule has 0 bridgehead atoms. The third kappa shape index (κ3) is 2.94. The van der Waals surface area contributed by atoms with Crippen molar-refractivity contribution in [3.63, 3.8) is 0 Å². The van der Waals surface area contributed by atoms with Crippen molar-refractivity contribution in [2.24, 2.45) is 5.16 Å². The van der Waals surface area contributed by atoms with Gasteiger partial charge in [-0.15, -0.1) is 0 Å². The molecule has 0 unspecified atom stereocenters. The van der Waals surface area contributed by atoms with E-state index in [0.717, 1.165) is 11.1 Å². The maximum atomic E-state index is 13.3. The van der Waals surface area contributed by atoms with Crippen molar-refractivity contribution in [1.82, 2.24) is 4.90 Å². The first-order chi connectivity index (χ1) is 7.54. The van der Waals surface area contributed by atoms with Crippen LogP contribution in [0.2, 0.25) is 0 Å². The van der Waals surface area contributed by atoms with E-state index in [1.54, 1.807) is 6.07 Å². The van der Waals surface area contributed by atoms with E-state index in [1.807, 2.05) is 0 Å². The Balaban J connectivity index is 2.85. The van der Waals surface area contributed by atoms with Gasteiger partial charge < -0.3 is 15.2 Å². The summed E-state index contributed by atoms with van der Waals surface area (Å²) in [6.45, 7) is 0.100. The van der Waals surface area contributed by atoms with E-state index in [9.17, 15) is 9.18 Å². The minimum Gasteiger partial charge on any atom is -0.465 e. The fourth-order valence-corrected chi connectivity index (χ4v) is 1.18. The molecule has 86 valence electrons. The smallest absolute Gasteiger partial charge is 0.407 e. The molecule has 0 aliphatic heterocycles. The van der Waals surface area contributed by atoms with Crippen LogP contribution in [-0.4, -0.2) is 34.6 Å². The fourth-order valence-electron chi connectivity index (χ4n) is 1.18. The molecule has 6 heteroatoms. The van der Waals surface area contributed by atoms with Gasteiger partial charge in [-0.3, -0.25) is 0 Å². The molecule has 0 saturated carbocycles. The lowest BCUT2D eigenvalue weighted by atomic mass is 10.1. The van der Waals surface area contributed by atoms with Crippen LogP contribution in [-0.2, 0) is 6.54 Å². The van der Waals surface area contributed by atoms with Gasteiger partial charge in [0.1, 0.15) is 5.82 Å². The fraction of sp³-hybridized carbons (Fsp3) is 0.200. The quantitative estimate of drug-likeness (QED) is 0.468. The van der Waals surface area contributed by atoms with Crippen LogP contribution in [0.4, 0.5) is 9.18 Å². The van der Waals surface area contributed by atoms with Crippen molar-refractivity contribution >= 4 is 12.3 Å². The standard InChI is InChI=1S/C10H11FN2O3/c1-13(10(14)15)6-7-2-3-8(5-12-16)9(11)4-7/h2-5,16H,6H2,1H3,(H,14,15)/b12-5-. The molecule has 0 spiro atoms. The highest BCUT2D eigenvalue weighted by Crippen LogP contribution is 2.10. The van der Waals surface area contributed by atoms with Gasteiger partial charge in [-0.2, -0.15) is 0 Å². The first-order valence-electron chi connectivity index (χ1n) is 4.44. The van der Waals surface area contributed by atoms with E-state index in [2.05, 4.69) is 5.16 Å². The zero-order valence-corrected chi connectivity index (χ0v) is 8.59. The Hall–Kier alpha value is -2.11. The average Bonchev–Trinajstić information content (AvgIpc) is 2.22. The number of rotatable bonds is 3. The molecule has 16 heavy (non-hydrogen) atoms. The molecule has 0 aliphatic carbocycles. The summed E-state index contributed by atoms with van der Waals surface area (Å²) in [6, 6.07) is 4.19. The number of hydrogen-bond donors (Lipinski definition) is 2. The lowest BCUT2D eigenvalue weighted by Crippen LogP contribution is -2.23. The number of oxime groups is 1. The van der Waals surface area contributed by atoms with Gasteiger partial charge in [-0.25, -0.2) is 9.18 Å². The van der Waals surface area contributed by atoms with Gasteiger partial charge in [0.2, 0.25) is 0 Å². The molecule has 0 heterocycles. The normalized spacial score (nSPS) is 10.6. The molecule has 0 aromatic heterocycles. The van der Waals surface area contributed by atoms with Crippen LogP contribution in [0, 0.1) is 5.82 Å². The van der Waals surface area contributed by atoms with Crippen LogP contribution in [0.3, 0.4) is 0 Å². The van der Waals surface area contributed by atoms with Crippen molar-refractivity contribution in [2.45, 2.75) is 6.54 Å². The number of nitrogens with zero attached hydrogens (tertiary/aromatic N) is 2. The van der Waals surface area contributed by atoms with Gasteiger partial charge in [0.25, 0.3) is 0 Å². The first kappa shape index (κ1) is 12.0. The van der Waals surface area contributed by atoms with E-state index in [4.69, 9.17) is 10.3 Å². The van der Waals surface area contributed by atoms with E-state index < -0.39 is 11.9 Å². The summed E-state index contributed by atoms with van der Waals surface area (Å²) < 4.78 is 13.3. The van der Waals surface area contributed by atoms with Crippen LogP contribution in [0.15, 0.2) is 23.4 Å². The molecular formula is C10H11FN2O3. The number of hydrogen-bond acceptors (Lipinski definition) is 3. The van der Waals surface area contributed by atoms with Crippen LogP contribution < -0.4 is 0 Å². The van der Waals surface area contributed by atoms with E-state index in [-0.39, 0.29) is 12.1 Å². The Kier molecular flexibility index (Phi) is 3.82. The average molecular weight is 226 g/mol. The third-order valence-corrected chi connectivity index (χ3v) is 2.01. The van der Waals surface area contributed by atoms with Gasteiger partial charge in [0, 0.05) is 19.2 Å². The molecule has 0 radical (unpaired) electrons. The monoisotopic (exact) mass is 226 g/mol. The van der Waals surface area contributed by atoms with E-state index >= 15 is 0 Å². The molecule has 0 fully saturated rings. The maximum absolute atomic E-state index is 13.3. The summed E-state index contributed by atoms with van der Waals surface area (Å²) in [5.41, 5.74) is 0.668. The topological polar surface area (TPSA) is 73.1 Å². The minimum atomic E-state index is -1.08. The molecular weight excluding hydrogens is 215 g/mol. The van der Waals surface area contributed by atoms with Gasteiger partial charge >= 0.3 is 6.09 Å². The largest absolute Gasteiger partial charge is 0.465 e. The van der Waals surface area contributed by atoms with E-state index in [0.29, 0.717) is 5.56 Å². The van der Waals surface area contributed by atoms with Crippen LogP contribution in [0.25, 0.3) is 0 Å². The molecule has 1 rings (SSSR count). The van der Waals surface area contributed by atoms with Crippen molar-refractivity contribution in [2.75, 3.05) is 7.05 Å². The maximum Gasteiger partial charge on any atom is 0.407 e. The summed E-state index contributed by atoms with van der Waals surface area (Å²) >= 11 is 0. The van der Waals surface area contributed by atoms with Gasteiger partial charge in [0.05, 0.1) is 6.21 Å². The first-order valence-corrected chi connectivity index (χ1v) is 4.44. The Morgan fingerprint density at radius 2 is 2.31 bits per heavy atom. The second-order valence-electron chi connectivity index (χ2n) is 3.24. The Morgan fingerprint density at radius 3 is 2.81 bits per heavy atom. The van der Waals surface area contributed by atoms with Crippen molar-refractivity contribution in [1.29, 1.82) is 0 Å². The summed E-state index contributed by atoms with van der Waals surface area (Å²) in [7, 11) is 1.39. The summed E-state index contributed by atoms with van der Waals surface area (Å²) in [6.07, 6.45) is -0.110. The number of amides is 1. The SMILES string of the molecule is CN(Cc1ccc(/C=N\O)c(F)c1)C(=O)O. The summed E-state index contributed by atoms with van der Waals surface area (Å²) in [4.78, 5) is 11.6. The minimum absolute atomic E-state index is 0.100. The molecule has 0 aliphatic rings. The zero-order valence-electron chi connectivity index (χ0n) is 8.59. The van der Waals surface area contributed by atoms with Crippen LogP contribution in [0.5, 0.6) is 0 Å². The highest BCUT2D eigenvalue weighted by atomic mass is 19.1. The Labute approximate surface area is 91.4 Å². The van der Waals surface area contributed by atoms with Crippen LogP contribution >= 0.6 is 0 Å². The number of carbonyl (C=O) groups is 1. The van der Waals surface area contributed by atoms with Gasteiger partial charge in [0.15, 0.2) is 0 Å². The molecule has 0 saturated heterocycles.